The number of hydrogen-bond acceptors (Lipinski definition) is 11. The molecule has 4 rings (SSSR count). The number of carbonyl (C=O) groups is 3. The van der Waals surface area contributed by atoms with Crippen LogP contribution in [0.5, 0.6) is 11.8 Å². The van der Waals surface area contributed by atoms with E-state index in [9.17, 15) is 14.4 Å². The van der Waals surface area contributed by atoms with Crippen molar-refractivity contribution in [1.29, 1.82) is 0 Å². The van der Waals surface area contributed by atoms with Crippen LogP contribution >= 0.6 is 0 Å². The first-order valence-electron chi connectivity index (χ1n) is 14.3. The van der Waals surface area contributed by atoms with Gasteiger partial charge in [-0.3, -0.25) is 4.79 Å². The molecule has 14 heteroatoms. The number of aromatic nitrogens is 2. The predicted molar refractivity (Wildman–Crippen MR) is 165 cm³/mol. The maximum Gasteiger partial charge on any atom is 0.407 e. The molecule has 0 bridgehead atoms. The summed E-state index contributed by atoms with van der Waals surface area (Å²) >= 11 is 0. The summed E-state index contributed by atoms with van der Waals surface area (Å²) in [5, 5.41) is 14.2. The van der Waals surface area contributed by atoms with Crippen molar-refractivity contribution >= 4 is 40.0 Å². The normalized spacial score (nSPS) is 11.4. The number of nitrogens with zero attached hydrogens (tertiary/aromatic N) is 2. The summed E-state index contributed by atoms with van der Waals surface area (Å²) in [5.41, 5.74) is 7.54. The number of carbonyl (C=O) groups excluding carboxylic acids is 3. The lowest BCUT2D eigenvalue weighted by Crippen LogP contribution is -2.34. The molecule has 0 radical (unpaired) electrons. The van der Waals surface area contributed by atoms with Gasteiger partial charge in [-0.25, -0.2) is 9.59 Å². The Kier molecular flexibility index (Phi) is 11.2. The highest BCUT2D eigenvalue weighted by atomic mass is 16.6. The van der Waals surface area contributed by atoms with Crippen molar-refractivity contribution in [3.8, 4) is 11.8 Å². The number of rotatable bonds is 9. The van der Waals surface area contributed by atoms with Crippen molar-refractivity contribution in [2.45, 2.75) is 66.6 Å². The summed E-state index contributed by atoms with van der Waals surface area (Å²) in [4.78, 5) is 34.5. The van der Waals surface area contributed by atoms with Crippen LogP contribution in [0.2, 0.25) is 0 Å². The number of nitrogens with one attached hydrogen (secondary N) is 2. The third-order valence-electron chi connectivity index (χ3n) is 5.73. The second-order valence-electron chi connectivity index (χ2n) is 12.0. The van der Waals surface area contributed by atoms with Gasteiger partial charge in [-0.2, -0.15) is 0 Å². The lowest BCUT2D eigenvalue weighted by Gasteiger charge is -2.19. The van der Waals surface area contributed by atoms with Crippen molar-refractivity contribution in [2.24, 2.45) is 5.73 Å². The molecule has 0 aliphatic carbocycles. The van der Waals surface area contributed by atoms with Crippen LogP contribution in [0, 0.1) is 13.8 Å². The van der Waals surface area contributed by atoms with Gasteiger partial charge in [0.05, 0.1) is 29.4 Å². The van der Waals surface area contributed by atoms with Crippen molar-refractivity contribution in [3.63, 3.8) is 0 Å². The molecular formula is C31H41N5O9. The van der Waals surface area contributed by atoms with Crippen LogP contribution in [-0.2, 0) is 9.47 Å². The highest BCUT2D eigenvalue weighted by Gasteiger charge is 2.20. The van der Waals surface area contributed by atoms with Gasteiger partial charge in [-0.15, -0.1) is 0 Å². The van der Waals surface area contributed by atoms with Crippen molar-refractivity contribution in [2.75, 3.05) is 26.3 Å². The molecule has 0 saturated heterocycles. The topological polar surface area (TPSA) is 190 Å². The van der Waals surface area contributed by atoms with Gasteiger partial charge in [0.2, 0.25) is 5.91 Å². The maximum absolute atomic E-state index is 11.6. The van der Waals surface area contributed by atoms with Crippen LogP contribution < -0.4 is 25.8 Å². The minimum atomic E-state index is -0.597. The van der Waals surface area contributed by atoms with Gasteiger partial charge in [0, 0.05) is 0 Å². The van der Waals surface area contributed by atoms with Gasteiger partial charge in [0.25, 0.3) is 11.8 Å². The summed E-state index contributed by atoms with van der Waals surface area (Å²) in [6.45, 7) is 15.5. The van der Waals surface area contributed by atoms with Crippen LogP contribution in [0.15, 0.2) is 39.4 Å². The third kappa shape index (κ3) is 10.3. The Bertz CT molecular complexity index is 1630. The molecule has 4 N–H and O–H groups in total. The maximum atomic E-state index is 11.6. The van der Waals surface area contributed by atoms with E-state index in [0.717, 1.165) is 16.5 Å². The number of benzene rings is 2. The zero-order chi connectivity index (χ0) is 33.4. The van der Waals surface area contributed by atoms with Gasteiger partial charge in [0.15, 0.2) is 11.2 Å². The second-order valence-corrected chi connectivity index (χ2v) is 12.0. The van der Waals surface area contributed by atoms with Crippen LogP contribution in [0.3, 0.4) is 0 Å². The first-order chi connectivity index (χ1) is 21.1. The summed E-state index contributed by atoms with van der Waals surface area (Å²) in [6, 6.07) is 9.07. The summed E-state index contributed by atoms with van der Waals surface area (Å²) in [6.07, 6.45) is -1.00. The Morgan fingerprint density at radius 1 is 0.756 bits per heavy atom. The fourth-order valence-electron chi connectivity index (χ4n) is 3.87. The molecular weight excluding hydrogens is 586 g/mol. The summed E-state index contributed by atoms with van der Waals surface area (Å²) < 4.78 is 31.7. The molecule has 0 aliphatic rings. The van der Waals surface area contributed by atoms with Gasteiger partial charge < -0.3 is 44.4 Å². The number of aryl methyl sites for hydroxylation is 2. The van der Waals surface area contributed by atoms with E-state index in [-0.39, 0.29) is 31.2 Å². The molecule has 244 valence electrons. The molecule has 0 unspecified atom stereocenters. The van der Waals surface area contributed by atoms with E-state index in [2.05, 4.69) is 20.9 Å². The Balaban J connectivity index is 0.000000248. The van der Waals surface area contributed by atoms with E-state index in [1.54, 1.807) is 32.9 Å². The summed E-state index contributed by atoms with van der Waals surface area (Å²) in [7, 11) is 0. The molecule has 2 aromatic carbocycles. The smallest absolute Gasteiger partial charge is 0.407 e. The number of primary amides is 1. The van der Waals surface area contributed by atoms with Crippen LogP contribution in [0.1, 0.15) is 63.0 Å². The Hall–Kier alpha value is -5.01. The minimum absolute atomic E-state index is 0.132. The lowest BCUT2D eigenvalue weighted by molar-refractivity contribution is 0.0508. The van der Waals surface area contributed by atoms with Gasteiger partial charge in [-0.05, 0) is 89.0 Å². The predicted octanol–water partition coefficient (Wildman–Crippen LogP) is 5.18. The number of fused-ring (bicyclic) bond motifs is 2. The number of para-hydroxylation sites is 1. The first-order valence-corrected chi connectivity index (χ1v) is 14.3. The molecule has 0 saturated carbocycles. The quantitative estimate of drug-likeness (QED) is 0.207. The van der Waals surface area contributed by atoms with E-state index < -0.39 is 29.3 Å². The van der Waals surface area contributed by atoms with Gasteiger partial charge in [-0.1, -0.05) is 18.2 Å². The van der Waals surface area contributed by atoms with E-state index >= 15 is 0 Å². The van der Waals surface area contributed by atoms with Crippen molar-refractivity contribution < 1.29 is 42.4 Å². The Labute approximate surface area is 260 Å². The number of hydrogen-bond donors (Lipinski definition) is 3. The molecule has 0 spiro atoms. The van der Waals surface area contributed by atoms with E-state index in [0.29, 0.717) is 29.0 Å². The molecule has 45 heavy (non-hydrogen) atoms. The fourth-order valence-corrected chi connectivity index (χ4v) is 3.87. The molecule has 0 fully saturated rings. The highest BCUT2D eigenvalue weighted by Crippen LogP contribution is 2.31. The molecule has 3 amide bonds. The second kappa shape index (κ2) is 14.6. The van der Waals surface area contributed by atoms with E-state index in [1.165, 1.54) is 0 Å². The first kappa shape index (κ1) is 34.5. The van der Waals surface area contributed by atoms with Crippen LogP contribution in [0.25, 0.3) is 21.9 Å². The molecule has 4 aromatic rings. The highest BCUT2D eigenvalue weighted by molar-refractivity contribution is 6.07. The van der Waals surface area contributed by atoms with Crippen LogP contribution in [-0.4, -0.2) is 65.9 Å². The van der Waals surface area contributed by atoms with E-state index in [1.807, 2.05) is 52.8 Å². The standard InChI is InChI=1S/C16H21N3O5.C15H20N2O4/c1-9-5-6-10(13(17)20)11-12(9)24-19-14(11)22-8-7-18-15(21)23-16(2,3)4;1-10-6-5-7-11-12(10)21-17-13(11)19-9-8-16-14(18)20-15(2,3)4/h5-6H,7-8H2,1-4H3,(H2,17,20)(H,18,21);5-7H,8-9H2,1-4H3,(H,16,18). The average molecular weight is 628 g/mol. The molecule has 2 heterocycles. The molecule has 0 atom stereocenters. The van der Waals surface area contributed by atoms with E-state index in [4.69, 9.17) is 33.7 Å². The number of alkyl carbamates (subject to hydrolysis) is 2. The summed E-state index contributed by atoms with van der Waals surface area (Å²) in [5.74, 6) is -0.00638. The fraction of sp³-hybridized carbons (Fsp3) is 0.452. The third-order valence-corrected chi connectivity index (χ3v) is 5.73. The Morgan fingerprint density at radius 3 is 1.82 bits per heavy atom. The molecule has 14 nitrogen and oxygen atoms in total. The number of amides is 3. The SMILES string of the molecule is Cc1ccc(C(N)=O)c2c(OCCNC(=O)OC(C)(C)C)noc12.Cc1cccc2c(OCCNC(=O)OC(C)(C)C)noc12. The zero-order valence-corrected chi connectivity index (χ0v) is 26.9. The molecule has 0 aliphatic heterocycles. The number of ether oxygens (including phenoxy) is 4. The minimum Gasteiger partial charge on any atom is -0.473 e. The largest absolute Gasteiger partial charge is 0.473 e. The van der Waals surface area contributed by atoms with Gasteiger partial charge in [0.1, 0.15) is 24.4 Å². The number of nitrogens with two attached hydrogens (primary N) is 1. The van der Waals surface area contributed by atoms with Crippen molar-refractivity contribution in [1.82, 2.24) is 20.9 Å². The Morgan fingerprint density at radius 2 is 1.27 bits per heavy atom. The van der Waals surface area contributed by atoms with Gasteiger partial charge >= 0.3 is 12.2 Å². The monoisotopic (exact) mass is 627 g/mol. The molecule has 2 aromatic heterocycles. The average Bonchev–Trinajstić information content (AvgIpc) is 3.53. The van der Waals surface area contributed by atoms with Crippen LogP contribution in [0.4, 0.5) is 9.59 Å². The zero-order valence-electron chi connectivity index (χ0n) is 26.9. The van der Waals surface area contributed by atoms with Crippen molar-refractivity contribution in [3.05, 3.63) is 47.0 Å². The lowest BCUT2D eigenvalue weighted by atomic mass is 10.1.